The van der Waals surface area contributed by atoms with Gasteiger partial charge in [0.2, 0.25) is 17.8 Å². The molecule has 0 bridgehead atoms. The lowest BCUT2D eigenvalue weighted by Crippen LogP contribution is -2.43. The zero-order valence-corrected chi connectivity index (χ0v) is 16.0. The number of nitrogens with zero attached hydrogens (tertiary/aromatic N) is 4. The van der Waals surface area contributed by atoms with Gasteiger partial charge >= 0.3 is 0 Å². The Balaban J connectivity index is 1.56. The van der Waals surface area contributed by atoms with Gasteiger partial charge in [-0.3, -0.25) is 4.79 Å². The molecule has 28 heavy (non-hydrogen) atoms. The van der Waals surface area contributed by atoms with Crippen molar-refractivity contribution < 1.29 is 14.3 Å². The number of morpholine rings is 1. The maximum Gasteiger partial charge on any atom is 0.230 e. The fraction of sp³-hybridized carbons (Fsp3) is 0.444. The molecular formula is C18H25N7O3. The molecule has 1 atom stereocenters. The summed E-state index contributed by atoms with van der Waals surface area (Å²) in [6, 6.07) is 7.19. The van der Waals surface area contributed by atoms with Crippen molar-refractivity contribution in [2.75, 3.05) is 49.8 Å². The monoisotopic (exact) mass is 387 g/mol. The van der Waals surface area contributed by atoms with Gasteiger partial charge in [-0.25, -0.2) is 0 Å². The minimum atomic E-state index is -0.0824. The highest BCUT2D eigenvalue weighted by Crippen LogP contribution is 2.19. The van der Waals surface area contributed by atoms with E-state index in [1.54, 1.807) is 29.2 Å². The number of nitrogens with one attached hydrogen (secondary N) is 2. The van der Waals surface area contributed by atoms with E-state index in [9.17, 15) is 4.79 Å². The number of ether oxygens (including phenoxy) is 2. The lowest BCUT2D eigenvalue weighted by atomic mass is 10.2. The summed E-state index contributed by atoms with van der Waals surface area (Å²) in [5.74, 6) is 1.53. The van der Waals surface area contributed by atoms with E-state index < -0.39 is 0 Å². The Morgan fingerprint density at radius 1 is 1.39 bits per heavy atom. The summed E-state index contributed by atoms with van der Waals surface area (Å²) in [5, 5.41) is 6.14. The second kappa shape index (κ2) is 9.29. The summed E-state index contributed by atoms with van der Waals surface area (Å²) in [7, 11) is 3.64. The molecule has 10 heteroatoms. The van der Waals surface area contributed by atoms with Gasteiger partial charge in [0, 0.05) is 44.9 Å². The molecule has 1 aromatic heterocycles. The summed E-state index contributed by atoms with van der Waals surface area (Å²) in [4.78, 5) is 26.4. The molecule has 1 saturated heterocycles. The summed E-state index contributed by atoms with van der Waals surface area (Å²) in [6.45, 7) is 2.12. The van der Waals surface area contributed by atoms with E-state index in [2.05, 4.69) is 25.6 Å². The van der Waals surface area contributed by atoms with Crippen LogP contribution in [0.5, 0.6) is 5.75 Å². The van der Waals surface area contributed by atoms with E-state index in [0.717, 1.165) is 6.54 Å². The van der Waals surface area contributed by atoms with E-state index in [-0.39, 0.29) is 24.5 Å². The van der Waals surface area contributed by atoms with Crippen molar-refractivity contribution in [1.82, 2.24) is 20.3 Å². The van der Waals surface area contributed by atoms with Crippen LogP contribution in [-0.4, -0.2) is 60.8 Å². The number of aromatic nitrogens is 3. The van der Waals surface area contributed by atoms with Crippen molar-refractivity contribution >= 4 is 23.5 Å². The molecule has 1 aromatic carbocycles. The van der Waals surface area contributed by atoms with Crippen LogP contribution in [0.25, 0.3) is 0 Å². The fourth-order valence-corrected chi connectivity index (χ4v) is 2.69. The number of nitrogen functional groups attached to an aromatic ring is 1. The molecule has 0 aliphatic carbocycles. The smallest absolute Gasteiger partial charge is 0.230 e. The number of anilines is 3. The molecule has 0 radical (unpaired) electrons. The average Bonchev–Trinajstić information content (AvgIpc) is 2.67. The maximum absolute atomic E-state index is 12.2. The van der Waals surface area contributed by atoms with Crippen LogP contribution >= 0.6 is 0 Å². The van der Waals surface area contributed by atoms with Crippen LogP contribution in [0, 0.1) is 0 Å². The third-order valence-electron chi connectivity index (χ3n) is 4.00. The summed E-state index contributed by atoms with van der Waals surface area (Å²) in [6.07, 6.45) is 0.350. The minimum Gasteiger partial charge on any atom is -0.486 e. The predicted octanol–water partition coefficient (Wildman–Crippen LogP) is 0.416. The molecule has 1 fully saturated rings. The Morgan fingerprint density at radius 3 is 3.00 bits per heavy atom. The number of carbonyl (C=O) groups excluding carboxylic acids is 1. The summed E-state index contributed by atoms with van der Waals surface area (Å²) >= 11 is 0. The van der Waals surface area contributed by atoms with Crippen LogP contribution in [0.3, 0.4) is 0 Å². The number of hydrogen-bond acceptors (Lipinski definition) is 9. The maximum atomic E-state index is 12.2. The highest BCUT2D eigenvalue weighted by Gasteiger charge is 2.17. The second-order valence-corrected chi connectivity index (χ2v) is 6.60. The zero-order valence-electron chi connectivity index (χ0n) is 16.0. The SMILES string of the molecule is CN(C)c1nc(N)nc(COc2cccc(NC(=O)CC3COCCN3)c2)n1. The van der Waals surface area contributed by atoms with Gasteiger partial charge in [-0.2, -0.15) is 15.0 Å². The summed E-state index contributed by atoms with van der Waals surface area (Å²) < 4.78 is 11.1. The van der Waals surface area contributed by atoms with Crippen molar-refractivity contribution in [1.29, 1.82) is 0 Å². The molecule has 1 aliphatic rings. The third-order valence-corrected chi connectivity index (χ3v) is 4.00. The van der Waals surface area contributed by atoms with Gasteiger partial charge in [-0.1, -0.05) is 6.07 Å². The molecule has 150 valence electrons. The van der Waals surface area contributed by atoms with Crippen molar-refractivity contribution in [2.45, 2.75) is 19.1 Å². The Morgan fingerprint density at radius 2 is 2.25 bits per heavy atom. The summed E-state index contributed by atoms with van der Waals surface area (Å²) in [5.41, 5.74) is 6.37. The molecule has 1 aliphatic heterocycles. The van der Waals surface area contributed by atoms with Gasteiger partial charge in [-0.15, -0.1) is 0 Å². The number of benzene rings is 1. The van der Waals surface area contributed by atoms with E-state index in [1.807, 2.05) is 14.1 Å². The number of amides is 1. The van der Waals surface area contributed by atoms with Crippen molar-refractivity contribution in [3.63, 3.8) is 0 Å². The van der Waals surface area contributed by atoms with Crippen molar-refractivity contribution in [3.05, 3.63) is 30.1 Å². The molecule has 0 spiro atoms. The van der Waals surface area contributed by atoms with Gasteiger partial charge in [0.05, 0.1) is 13.2 Å². The van der Waals surface area contributed by atoms with Gasteiger partial charge in [0.25, 0.3) is 0 Å². The topological polar surface area (TPSA) is 128 Å². The largest absolute Gasteiger partial charge is 0.486 e. The lowest BCUT2D eigenvalue weighted by molar-refractivity contribution is -0.117. The molecular weight excluding hydrogens is 362 g/mol. The van der Waals surface area contributed by atoms with Crippen LogP contribution in [0.2, 0.25) is 0 Å². The first-order valence-electron chi connectivity index (χ1n) is 9.01. The molecule has 10 nitrogen and oxygen atoms in total. The first kappa shape index (κ1) is 19.8. The molecule has 4 N–H and O–H groups in total. The van der Waals surface area contributed by atoms with Gasteiger partial charge in [-0.05, 0) is 12.1 Å². The normalized spacial score (nSPS) is 16.4. The van der Waals surface area contributed by atoms with Crippen LogP contribution in [0.1, 0.15) is 12.2 Å². The van der Waals surface area contributed by atoms with Gasteiger partial charge in [0.15, 0.2) is 5.82 Å². The average molecular weight is 387 g/mol. The van der Waals surface area contributed by atoms with E-state index in [0.29, 0.717) is 42.8 Å². The molecule has 2 aromatic rings. The highest BCUT2D eigenvalue weighted by atomic mass is 16.5. The van der Waals surface area contributed by atoms with Crippen LogP contribution in [0.4, 0.5) is 17.6 Å². The fourth-order valence-electron chi connectivity index (χ4n) is 2.69. The first-order chi connectivity index (χ1) is 13.5. The van der Waals surface area contributed by atoms with Crippen LogP contribution in [-0.2, 0) is 16.1 Å². The number of carbonyl (C=O) groups is 1. The lowest BCUT2D eigenvalue weighted by Gasteiger charge is -2.23. The Labute approximate surface area is 163 Å². The van der Waals surface area contributed by atoms with Gasteiger partial charge < -0.3 is 30.7 Å². The van der Waals surface area contributed by atoms with E-state index in [4.69, 9.17) is 15.2 Å². The molecule has 2 heterocycles. The molecule has 3 rings (SSSR count). The molecule has 1 amide bonds. The van der Waals surface area contributed by atoms with E-state index in [1.165, 1.54) is 0 Å². The predicted molar refractivity (Wildman–Crippen MR) is 105 cm³/mol. The van der Waals surface area contributed by atoms with Crippen molar-refractivity contribution in [3.8, 4) is 5.75 Å². The molecule has 1 unspecified atom stereocenters. The van der Waals surface area contributed by atoms with E-state index >= 15 is 0 Å². The number of hydrogen-bond donors (Lipinski definition) is 3. The first-order valence-corrected chi connectivity index (χ1v) is 9.01. The van der Waals surface area contributed by atoms with Crippen LogP contribution < -0.4 is 26.0 Å². The standard InChI is InChI=1S/C18H25N7O3/c1-25(2)18-23-15(22-17(19)24-18)11-28-14-5-3-4-12(8-14)21-16(26)9-13-10-27-7-6-20-13/h3-5,8,13,20H,6-7,9-11H2,1-2H3,(H,21,26)(H2,19,22,23,24). The third kappa shape index (κ3) is 5.76. The Bertz CT molecular complexity index is 810. The quantitative estimate of drug-likeness (QED) is 0.619. The zero-order chi connectivity index (χ0) is 19.9. The Hall–Kier alpha value is -2.98. The number of rotatable bonds is 7. The van der Waals surface area contributed by atoms with Gasteiger partial charge in [0.1, 0.15) is 12.4 Å². The second-order valence-electron chi connectivity index (χ2n) is 6.60. The molecule has 0 saturated carbocycles. The van der Waals surface area contributed by atoms with Crippen LogP contribution in [0.15, 0.2) is 24.3 Å². The minimum absolute atomic E-state index is 0.0355. The highest BCUT2D eigenvalue weighted by molar-refractivity contribution is 5.91. The van der Waals surface area contributed by atoms with Crippen molar-refractivity contribution in [2.24, 2.45) is 0 Å². The number of nitrogens with two attached hydrogens (primary N) is 1. The Kier molecular flexibility index (Phi) is 6.56.